The number of hydrogen-bond donors (Lipinski definition) is 1. The lowest BCUT2D eigenvalue weighted by Crippen LogP contribution is -2.16. The highest BCUT2D eigenvalue weighted by atomic mass is 79.9. The monoisotopic (exact) mass is 493 g/mol. The topological polar surface area (TPSA) is 30.5 Å². The van der Waals surface area contributed by atoms with E-state index in [0.29, 0.717) is 24.7 Å². The first kappa shape index (κ1) is 24.2. The van der Waals surface area contributed by atoms with Crippen molar-refractivity contribution in [2.75, 3.05) is 13.7 Å². The van der Waals surface area contributed by atoms with E-state index in [9.17, 15) is 4.39 Å². The second kappa shape index (κ2) is 11.9. The maximum absolute atomic E-state index is 13.0. The van der Waals surface area contributed by atoms with Crippen molar-refractivity contribution in [3.63, 3.8) is 0 Å². The van der Waals surface area contributed by atoms with Gasteiger partial charge in [0.2, 0.25) is 0 Å². The molecular weight excluding hydrogens is 469 g/mol. The highest BCUT2D eigenvalue weighted by molar-refractivity contribution is 9.10. The molecule has 0 radical (unpaired) electrons. The summed E-state index contributed by atoms with van der Waals surface area (Å²) >= 11 is 3.61. The molecule has 0 aliphatic heterocycles. The van der Waals surface area contributed by atoms with Gasteiger partial charge in [-0.25, -0.2) is 4.39 Å². The molecule has 0 fully saturated rings. The van der Waals surface area contributed by atoms with E-state index in [1.54, 1.807) is 7.11 Å². The van der Waals surface area contributed by atoms with Crippen molar-refractivity contribution in [1.82, 2.24) is 5.32 Å². The van der Waals surface area contributed by atoms with Gasteiger partial charge in [0.05, 0.1) is 11.6 Å². The van der Waals surface area contributed by atoms with E-state index >= 15 is 0 Å². The average Bonchev–Trinajstić information content (AvgIpc) is 2.72. The Bertz CT molecular complexity index is 933. The normalized spacial score (nSPS) is 10.4. The molecule has 0 saturated heterocycles. The van der Waals surface area contributed by atoms with Crippen LogP contribution in [0.4, 0.5) is 4.39 Å². The van der Waals surface area contributed by atoms with Crippen LogP contribution in [-0.4, -0.2) is 13.7 Å². The minimum absolute atomic E-state index is 0. The minimum Gasteiger partial charge on any atom is -0.493 e. The number of rotatable bonds is 9. The van der Waals surface area contributed by atoms with Gasteiger partial charge in [-0.05, 0) is 76.8 Å². The first-order valence-electron chi connectivity index (χ1n) is 9.55. The van der Waals surface area contributed by atoms with Crippen LogP contribution in [0.1, 0.15) is 22.3 Å². The Morgan fingerprint density at radius 2 is 1.60 bits per heavy atom. The van der Waals surface area contributed by atoms with Gasteiger partial charge in [0.1, 0.15) is 12.4 Å². The summed E-state index contributed by atoms with van der Waals surface area (Å²) < 4.78 is 25.4. The van der Waals surface area contributed by atoms with Crippen LogP contribution in [0.15, 0.2) is 65.1 Å². The number of nitrogens with one attached hydrogen (secondary N) is 1. The van der Waals surface area contributed by atoms with Gasteiger partial charge in [-0.2, -0.15) is 0 Å². The third-order valence-electron chi connectivity index (χ3n) is 4.63. The van der Waals surface area contributed by atoms with Crippen LogP contribution >= 0.6 is 28.3 Å². The van der Waals surface area contributed by atoms with Crippen LogP contribution < -0.4 is 14.8 Å². The van der Waals surface area contributed by atoms with Crippen molar-refractivity contribution in [2.45, 2.75) is 26.5 Å². The summed E-state index contributed by atoms with van der Waals surface area (Å²) in [5.74, 6) is 1.19. The second-order valence-corrected chi connectivity index (χ2v) is 7.79. The molecule has 3 aromatic carbocycles. The van der Waals surface area contributed by atoms with Gasteiger partial charge in [0, 0.05) is 6.54 Å². The van der Waals surface area contributed by atoms with E-state index in [-0.39, 0.29) is 18.2 Å². The van der Waals surface area contributed by atoms with Crippen molar-refractivity contribution in [3.8, 4) is 11.5 Å². The van der Waals surface area contributed by atoms with Crippen molar-refractivity contribution in [2.24, 2.45) is 0 Å². The SMILES string of the molecule is COc1cc(CNCCc2ccc(F)cc2)cc(Br)c1OCc1ccc(C)cc1.Cl. The minimum atomic E-state index is -0.205. The molecular formula is C24H26BrClFNO2. The average molecular weight is 495 g/mol. The summed E-state index contributed by atoms with van der Waals surface area (Å²) in [5, 5.41) is 3.41. The molecule has 0 atom stereocenters. The van der Waals surface area contributed by atoms with Crippen molar-refractivity contribution < 1.29 is 13.9 Å². The van der Waals surface area contributed by atoms with Gasteiger partial charge in [-0.15, -0.1) is 12.4 Å². The largest absolute Gasteiger partial charge is 0.493 e. The fraction of sp³-hybridized carbons (Fsp3) is 0.250. The van der Waals surface area contributed by atoms with E-state index < -0.39 is 0 Å². The van der Waals surface area contributed by atoms with E-state index in [2.05, 4.69) is 52.4 Å². The van der Waals surface area contributed by atoms with Crippen LogP contribution in [0.5, 0.6) is 11.5 Å². The fourth-order valence-electron chi connectivity index (χ4n) is 2.97. The Labute approximate surface area is 192 Å². The molecule has 0 spiro atoms. The molecule has 0 amide bonds. The molecule has 3 aromatic rings. The van der Waals surface area contributed by atoms with Gasteiger partial charge in [0.15, 0.2) is 11.5 Å². The van der Waals surface area contributed by atoms with Crippen molar-refractivity contribution in [3.05, 3.63) is 93.2 Å². The first-order chi connectivity index (χ1) is 14.0. The number of hydrogen-bond acceptors (Lipinski definition) is 3. The predicted octanol–water partition coefficient (Wildman–Crippen LogP) is 6.24. The third-order valence-corrected chi connectivity index (χ3v) is 5.21. The molecule has 0 bridgehead atoms. The lowest BCUT2D eigenvalue weighted by molar-refractivity contribution is 0.282. The Balaban J connectivity index is 0.00000320. The Hall–Kier alpha value is -2.08. The Morgan fingerprint density at radius 1 is 0.933 bits per heavy atom. The molecule has 3 nitrogen and oxygen atoms in total. The van der Waals surface area contributed by atoms with Crippen molar-refractivity contribution in [1.29, 1.82) is 0 Å². The van der Waals surface area contributed by atoms with Crippen molar-refractivity contribution >= 4 is 28.3 Å². The molecule has 6 heteroatoms. The summed E-state index contributed by atoms with van der Waals surface area (Å²) in [6.07, 6.45) is 0.844. The smallest absolute Gasteiger partial charge is 0.175 e. The van der Waals surface area contributed by atoms with Crippen LogP contribution in [0.25, 0.3) is 0 Å². The fourth-order valence-corrected chi connectivity index (χ4v) is 3.58. The van der Waals surface area contributed by atoms with Crippen LogP contribution in [0, 0.1) is 12.7 Å². The van der Waals surface area contributed by atoms with Crippen LogP contribution in [-0.2, 0) is 19.6 Å². The number of halogens is 3. The number of aryl methyl sites for hydroxylation is 1. The molecule has 3 rings (SSSR count). The van der Waals surface area contributed by atoms with Gasteiger partial charge in [-0.1, -0.05) is 42.0 Å². The second-order valence-electron chi connectivity index (χ2n) is 6.94. The first-order valence-corrected chi connectivity index (χ1v) is 10.3. The highest BCUT2D eigenvalue weighted by Crippen LogP contribution is 2.37. The summed E-state index contributed by atoms with van der Waals surface area (Å²) in [6, 6.07) is 18.9. The molecule has 0 unspecified atom stereocenters. The predicted molar refractivity (Wildman–Crippen MR) is 125 cm³/mol. The highest BCUT2D eigenvalue weighted by Gasteiger charge is 2.12. The lowest BCUT2D eigenvalue weighted by atomic mass is 10.1. The molecule has 0 aliphatic rings. The maximum Gasteiger partial charge on any atom is 0.175 e. The van der Waals surface area contributed by atoms with Gasteiger partial charge < -0.3 is 14.8 Å². The Kier molecular flexibility index (Phi) is 9.63. The van der Waals surface area contributed by atoms with E-state index in [4.69, 9.17) is 9.47 Å². The summed E-state index contributed by atoms with van der Waals surface area (Å²) in [4.78, 5) is 0. The molecule has 0 heterocycles. The summed E-state index contributed by atoms with van der Waals surface area (Å²) in [5.41, 5.74) is 4.54. The quantitative estimate of drug-likeness (QED) is 0.357. The number of ether oxygens (including phenoxy) is 2. The number of methoxy groups -OCH3 is 1. The molecule has 30 heavy (non-hydrogen) atoms. The van der Waals surface area contributed by atoms with Gasteiger partial charge >= 0.3 is 0 Å². The van der Waals surface area contributed by atoms with Gasteiger partial charge in [0.25, 0.3) is 0 Å². The molecule has 0 saturated carbocycles. The van der Waals surface area contributed by atoms with E-state index in [1.165, 1.54) is 17.7 Å². The molecule has 0 aromatic heterocycles. The van der Waals surface area contributed by atoms with Crippen LogP contribution in [0.3, 0.4) is 0 Å². The summed E-state index contributed by atoms with van der Waals surface area (Å²) in [6.45, 7) is 4.05. The van der Waals surface area contributed by atoms with Crippen LogP contribution in [0.2, 0.25) is 0 Å². The van der Waals surface area contributed by atoms with E-state index in [1.807, 2.05) is 24.3 Å². The standard InChI is InChI=1S/C24H25BrFNO2.ClH/c1-17-3-5-19(6-4-17)16-29-24-22(25)13-20(14-23(24)28-2)15-27-12-11-18-7-9-21(26)10-8-18;/h3-10,13-14,27H,11-12,15-16H2,1-2H3;1H. The Morgan fingerprint density at radius 3 is 2.27 bits per heavy atom. The zero-order valence-electron chi connectivity index (χ0n) is 17.1. The lowest BCUT2D eigenvalue weighted by Gasteiger charge is -2.15. The summed E-state index contributed by atoms with van der Waals surface area (Å²) in [7, 11) is 1.65. The molecule has 0 aliphatic carbocycles. The zero-order valence-corrected chi connectivity index (χ0v) is 19.5. The molecule has 1 N–H and O–H groups in total. The zero-order chi connectivity index (χ0) is 20.6. The number of benzene rings is 3. The van der Waals surface area contributed by atoms with E-state index in [0.717, 1.165) is 34.1 Å². The van der Waals surface area contributed by atoms with Gasteiger partial charge in [-0.3, -0.25) is 0 Å². The maximum atomic E-state index is 13.0. The molecule has 160 valence electrons. The third kappa shape index (κ3) is 7.01.